The number of esters is 1. The van der Waals surface area contributed by atoms with Crippen LogP contribution in [-0.2, 0) is 16.1 Å². The predicted octanol–water partition coefficient (Wildman–Crippen LogP) is 8.66. The maximum atomic E-state index is 11.8. The summed E-state index contributed by atoms with van der Waals surface area (Å²) in [5, 5.41) is 0.956. The molecule has 1 unspecified atom stereocenters. The summed E-state index contributed by atoms with van der Waals surface area (Å²) >= 11 is 1.52. The van der Waals surface area contributed by atoms with Crippen LogP contribution in [0.4, 0.5) is 0 Å². The zero-order valence-electron chi connectivity index (χ0n) is 24.2. The van der Waals surface area contributed by atoms with Crippen molar-refractivity contribution in [2.45, 2.75) is 78.6 Å². The molecule has 0 radical (unpaired) electrons. The first-order valence-electron chi connectivity index (χ1n) is 13.0. The van der Waals surface area contributed by atoms with E-state index in [-0.39, 0.29) is 23.3 Å². The minimum absolute atomic E-state index is 0.152. The average Bonchev–Trinajstić information content (AvgIpc) is 3.31. The van der Waals surface area contributed by atoms with Gasteiger partial charge in [-0.1, -0.05) is 44.9 Å². The molecule has 0 aliphatic rings. The second-order valence-corrected chi connectivity index (χ2v) is 17.0. The lowest BCUT2D eigenvalue weighted by atomic mass is 9.95. The van der Waals surface area contributed by atoms with Gasteiger partial charge in [-0.15, -0.1) is 17.3 Å². The quantitative estimate of drug-likeness (QED) is 0.152. The Morgan fingerprint density at radius 2 is 1.74 bits per heavy atom. The van der Waals surface area contributed by atoms with Crippen molar-refractivity contribution in [1.29, 1.82) is 0 Å². The number of thiophene rings is 1. The molecule has 1 heterocycles. The number of carbonyl (C=O) groups is 1. The topological polar surface area (TPSA) is 44.8 Å². The van der Waals surface area contributed by atoms with Crippen LogP contribution < -0.4 is 9.16 Å². The summed E-state index contributed by atoms with van der Waals surface area (Å²) in [6.45, 7) is 17.8. The molecule has 4 nitrogen and oxygen atoms in total. The molecule has 0 aliphatic heterocycles. The molecule has 3 aromatic rings. The highest BCUT2D eigenvalue weighted by atomic mass is 32.1. The largest absolute Gasteiger partial charge is 0.543 e. The standard InChI is InChI=1S/C32H40O4SSi/c1-10-11-25(20-30(33)34-7)29-16-17-31(37-29)35-21-24-13-12-22(2)28(19-24)27-15-14-26(18-23(27)3)36-38(8,9)32(4,5)6/h12-19,25H,20-21H2,1-9H3. The van der Waals surface area contributed by atoms with Crippen LogP contribution in [-0.4, -0.2) is 21.4 Å². The minimum Gasteiger partial charge on any atom is -0.543 e. The van der Waals surface area contributed by atoms with Gasteiger partial charge in [0.1, 0.15) is 12.4 Å². The first kappa shape index (κ1) is 29.5. The summed E-state index contributed by atoms with van der Waals surface area (Å²) in [5.41, 5.74) is 5.91. The van der Waals surface area contributed by atoms with Crippen LogP contribution in [0.25, 0.3) is 11.1 Å². The van der Waals surface area contributed by atoms with Crippen LogP contribution in [0.5, 0.6) is 10.8 Å². The number of carbonyl (C=O) groups excluding carboxylic acids is 1. The molecule has 0 fully saturated rings. The molecular formula is C32H40O4SSi. The van der Waals surface area contributed by atoms with E-state index in [9.17, 15) is 4.79 Å². The Morgan fingerprint density at radius 1 is 1.00 bits per heavy atom. The number of ether oxygens (including phenoxy) is 2. The smallest absolute Gasteiger partial charge is 0.307 e. The lowest BCUT2D eigenvalue weighted by Crippen LogP contribution is -2.43. The van der Waals surface area contributed by atoms with Gasteiger partial charge in [-0.05, 0) is 97.1 Å². The highest BCUT2D eigenvalue weighted by Crippen LogP contribution is 2.39. The van der Waals surface area contributed by atoms with Crippen LogP contribution in [0.1, 0.15) is 61.6 Å². The maximum absolute atomic E-state index is 11.8. The Kier molecular flexibility index (Phi) is 9.51. The van der Waals surface area contributed by atoms with Crippen molar-refractivity contribution >= 4 is 25.6 Å². The summed E-state index contributed by atoms with van der Waals surface area (Å²) in [4.78, 5) is 12.8. The Bertz CT molecular complexity index is 1340. The Labute approximate surface area is 233 Å². The van der Waals surface area contributed by atoms with Gasteiger partial charge >= 0.3 is 5.97 Å². The Morgan fingerprint density at radius 3 is 2.37 bits per heavy atom. The van der Waals surface area contributed by atoms with Gasteiger partial charge in [-0.2, -0.15) is 0 Å². The second kappa shape index (κ2) is 12.2. The summed E-state index contributed by atoms with van der Waals surface area (Å²) in [5.74, 6) is 6.52. The normalized spacial score (nSPS) is 12.3. The molecule has 3 rings (SSSR count). The monoisotopic (exact) mass is 548 g/mol. The van der Waals surface area contributed by atoms with Gasteiger partial charge in [0.15, 0.2) is 5.06 Å². The van der Waals surface area contributed by atoms with Gasteiger partial charge in [-0.3, -0.25) is 4.79 Å². The van der Waals surface area contributed by atoms with Crippen molar-refractivity contribution in [2.75, 3.05) is 7.11 Å². The number of aryl methyl sites for hydroxylation is 2. The highest BCUT2D eigenvalue weighted by Gasteiger charge is 2.39. The summed E-state index contributed by atoms with van der Waals surface area (Å²) in [6, 6.07) is 16.8. The van der Waals surface area contributed by atoms with Gasteiger partial charge in [0.2, 0.25) is 8.32 Å². The number of rotatable bonds is 9. The van der Waals surface area contributed by atoms with Crippen LogP contribution in [0.3, 0.4) is 0 Å². The van der Waals surface area contributed by atoms with Gasteiger partial charge in [0.25, 0.3) is 0 Å². The van der Waals surface area contributed by atoms with E-state index in [4.69, 9.17) is 13.9 Å². The molecule has 38 heavy (non-hydrogen) atoms. The lowest BCUT2D eigenvalue weighted by Gasteiger charge is -2.36. The van der Waals surface area contributed by atoms with E-state index in [0.717, 1.165) is 21.3 Å². The van der Waals surface area contributed by atoms with Crippen molar-refractivity contribution in [2.24, 2.45) is 0 Å². The zero-order chi connectivity index (χ0) is 28.1. The lowest BCUT2D eigenvalue weighted by molar-refractivity contribution is -0.140. The molecule has 1 aromatic heterocycles. The van der Waals surface area contributed by atoms with E-state index in [0.29, 0.717) is 6.61 Å². The van der Waals surface area contributed by atoms with Gasteiger partial charge in [0, 0.05) is 4.88 Å². The van der Waals surface area contributed by atoms with Crippen molar-refractivity contribution in [3.8, 4) is 33.8 Å². The number of benzene rings is 2. The molecule has 0 N–H and O–H groups in total. The van der Waals surface area contributed by atoms with Crippen molar-refractivity contribution in [1.82, 2.24) is 0 Å². The Balaban J connectivity index is 1.76. The van der Waals surface area contributed by atoms with E-state index >= 15 is 0 Å². The first-order chi connectivity index (χ1) is 17.8. The van der Waals surface area contributed by atoms with Crippen molar-refractivity contribution in [3.63, 3.8) is 0 Å². The Hall–Kier alpha value is -3.01. The number of methoxy groups -OCH3 is 1. The fourth-order valence-corrected chi connectivity index (χ4v) is 5.83. The van der Waals surface area contributed by atoms with Crippen LogP contribution in [0.15, 0.2) is 48.5 Å². The van der Waals surface area contributed by atoms with Crippen LogP contribution in [0.2, 0.25) is 18.1 Å². The molecule has 1 atom stereocenters. The third-order valence-electron chi connectivity index (χ3n) is 7.21. The summed E-state index contributed by atoms with van der Waals surface area (Å²) in [7, 11) is -0.495. The number of hydrogen-bond donors (Lipinski definition) is 0. The predicted molar refractivity (Wildman–Crippen MR) is 161 cm³/mol. The fraction of sp³-hybridized carbons (Fsp3) is 0.406. The van der Waals surface area contributed by atoms with Crippen molar-refractivity contribution in [3.05, 3.63) is 70.1 Å². The fourth-order valence-electron chi connectivity index (χ4n) is 3.90. The molecule has 2 aromatic carbocycles. The zero-order valence-corrected chi connectivity index (χ0v) is 26.0. The van der Waals surface area contributed by atoms with E-state index in [2.05, 4.69) is 96.0 Å². The second-order valence-electron chi connectivity index (χ2n) is 11.2. The third-order valence-corrected chi connectivity index (χ3v) is 12.7. The third kappa shape index (κ3) is 7.30. The maximum Gasteiger partial charge on any atom is 0.307 e. The van der Waals surface area contributed by atoms with E-state index in [1.54, 1.807) is 6.92 Å². The molecular weight excluding hydrogens is 509 g/mol. The minimum atomic E-state index is -1.89. The molecule has 202 valence electrons. The molecule has 0 bridgehead atoms. The van der Waals surface area contributed by atoms with E-state index in [1.807, 2.05) is 12.1 Å². The molecule has 0 spiro atoms. The van der Waals surface area contributed by atoms with Crippen LogP contribution >= 0.6 is 11.3 Å². The van der Waals surface area contributed by atoms with Gasteiger partial charge in [0.05, 0.1) is 19.4 Å². The van der Waals surface area contributed by atoms with Gasteiger partial charge < -0.3 is 13.9 Å². The molecule has 0 amide bonds. The summed E-state index contributed by atoms with van der Waals surface area (Å²) in [6.07, 6.45) is 0.234. The molecule has 0 saturated heterocycles. The number of hydrogen-bond acceptors (Lipinski definition) is 5. The SMILES string of the molecule is CC#CC(CC(=O)OC)c1ccc(OCc2ccc(C)c(-c3ccc(O[Si](C)(C)C(C)(C)C)cc3C)c2)s1. The van der Waals surface area contributed by atoms with Crippen LogP contribution in [0, 0.1) is 25.7 Å². The van der Waals surface area contributed by atoms with Crippen molar-refractivity contribution < 1.29 is 18.7 Å². The first-order valence-corrected chi connectivity index (χ1v) is 16.7. The van der Waals surface area contributed by atoms with E-state index in [1.165, 1.54) is 40.7 Å². The summed E-state index contributed by atoms with van der Waals surface area (Å²) < 4.78 is 17.5. The molecule has 6 heteroatoms. The molecule has 0 aliphatic carbocycles. The molecule has 0 saturated carbocycles. The average molecular weight is 549 g/mol. The van der Waals surface area contributed by atoms with E-state index < -0.39 is 8.32 Å². The highest BCUT2D eigenvalue weighted by molar-refractivity contribution is 7.14. The van der Waals surface area contributed by atoms with Gasteiger partial charge in [-0.25, -0.2) is 0 Å².